The summed E-state index contributed by atoms with van der Waals surface area (Å²) in [4.78, 5) is 32.1. The topological polar surface area (TPSA) is 65.5 Å². The normalized spacial score (nSPS) is 21.6. The van der Waals surface area contributed by atoms with Crippen LogP contribution < -0.4 is 5.32 Å². The first-order valence-corrected chi connectivity index (χ1v) is 8.36. The number of pyridine rings is 1. The molecule has 2 saturated heterocycles. The Morgan fingerprint density at radius 2 is 2.26 bits per heavy atom. The van der Waals surface area contributed by atoms with Gasteiger partial charge in [0.2, 0.25) is 11.8 Å². The van der Waals surface area contributed by atoms with Crippen LogP contribution in [0.25, 0.3) is 0 Å². The Balaban J connectivity index is 1.63. The standard InChI is InChI=1S/C17H24N4O2/c1-18-15-10-13(6-7-19-15)14-4-2-8-20(11-14)17(23)12-21-9-3-5-16(21)22/h6-7,10,14H,2-5,8-9,11-12H2,1H3,(H,18,19)/t14-/m1/s1. The Bertz CT molecular complexity index is 590. The lowest BCUT2D eigenvalue weighted by atomic mass is 9.91. The van der Waals surface area contributed by atoms with Gasteiger partial charge in [0.1, 0.15) is 5.82 Å². The molecule has 0 aromatic carbocycles. The number of likely N-dealkylation sites (tertiary alicyclic amines) is 2. The van der Waals surface area contributed by atoms with E-state index in [-0.39, 0.29) is 18.4 Å². The lowest BCUT2D eigenvalue weighted by molar-refractivity contribution is -0.139. The van der Waals surface area contributed by atoms with Gasteiger partial charge in [-0.1, -0.05) is 0 Å². The van der Waals surface area contributed by atoms with Gasteiger partial charge in [-0.15, -0.1) is 0 Å². The first-order chi connectivity index (χ1) is 11.2. The van der Waals surface area contributed by atoms with Crippen molar-refractivity contribution in [3.8, 4) is 0 Å². The summed E-state index contributed by atoms with van der Waals surface area (Å²) < 4.78 is 0. The van der Waals surface area contributed by atoms with Crippen LogP contribution in [0.2, 0.25) is 0 Å². The van der Waals surface area contributed by atoms with Crippen LogP contribution >= 0.6 is 0 Å². The highest BCUT2D eigenvalue weighted by atomic mass is 16.2. The number of nitrogens with zero attached hydrogens (tertiary/aromatic N) is 3. The number of nitrogens with one attached hydrogen (secondary N) is 1. The van der Waals surface area contributed by atoms with Crippen LogP contribution in [-0.4, -0.2) is 59.8 Å². The third kappa shape index (κ3) is 3.63. The molecule has 23 heavy (non-hydrogen) atoms. The monoisotopic (exact) mass is 316 g/mol. The van der Waals surface area contributed by atoms with E-state index in [0.717, 1.165) is 44.7 Å². The largest absolute Gasteiger partial charge is 0.373 e. The van der Waals surface area contributed by atoms with Crippen LogP contribution in [0.15, 0.2) is 18.3 Å². The second kappa shape index (κ2) is 6.98. The van der Waals surface area contributed by atoms with E-state index in [0.29, 0.717) is 12.3 Å². The van der Waals surface area contributed by atoms with E-state index in [1.165, 1.54) is 5.56 Å². The van der Waals surface area contributed by atoms with Crippen molar-refractivity contribution in [2.24, 2.45) is 0 Å². The predicted molar refractivity (Wildman–Crippen MR) is 88.2 cm³/mol. The van der Waals surface area contributed by atoms with E-state index in [1.54, 1.807) is 4.90 Å². The second-order valence-electron chi connectivity index (χ2n) is 6.32. The van der Waals surface area contributed by atoms with Crippen molar-refractivity contribution < 1.29 is 9.59 Å². The zero-order valence-electron chi connectivity index (χ0n) is 13.6. The molecule has 3 rings (SSSR count). The summed E-state index contributed by atoms with van der Waals surface area (Å²) in [5.74, 6) is 1.39. The van der Waals surface area contributed by atoms with Gasteiger partial charge in [-0.05, 0) is 37.0 Å². The first-order valence-electron chi connectivity index (χ1n) is 8.36. The quantitative estimate of drug-likeness (QED) is 0.913. The van der Waals surface area contributed by atoms with Crippen LogP contribution in [0, 0.1) is 0 Å². The van der Waals surface area contributed by atoms with Gasteiger partial charge in [0.15, 0.2) is 0 Å². The van der Waals surface area contributed by atoms with E-state index in [9.17, 15) is 9.59 Å². The number of carbonyl (C=O) groups excluding carboxylic acids is 2. The Labute approximate surface area is 136 Å². The highest BCUT2D eigenvalue weighted by Crippen LogP contribution is 2.28. The molecule has 1 atom stereocenters. The van der Waals surface area contributed by atoms with Gasteiger partial charge in [0.05, 0.1) is 6.54 Å². The van der Waals surface area contributed by atoms with Gasteiger partial charge in [-0.3, -0.25) is 9.59 Å². The molecule has 2 aliphatic rings. The molecule has 0 aliphatic carbocycles. The lowest BCUT2D eigenvalue weighted by Crippen LogP contribution is -2.44. The SMILES string of the molecule is CNc1cc([C@@H]2CCCN(C(=O)CN3CCCC3=O)C2)ccn1. The molecule has 0 radical (unpaired) electrons. The summed E-state index contributed by atoms with van der Waals surface area (Å²) in [6, 6.07) is 4.09. The molecule has 3 heterocycles. The smallest absolute Gasteiger partial charge is 0.242 e. The Hall–Kier alpha value is -2.11. The Kier molecular flexibility index (Phi) is 4.79. The molecular formula is C17H24N4O2. The molecule has 2 fully saturated rings. The fourth-order valence-electron chi connectivity index (χ4n) is 3.45. The summed E-state index contributed by atoms with van der Waals surface area (Å²) in [5.41, 5.74) is 1.22. The lowest BCUT2D eigenvalue weighted by Gasteiger charge is -2.34. The van der Waals surface area contributed by atoms with Crippen molar-refractivity contribution >= 4 is 17.6 Å². The number of carbonyl (C=O) groups is 2. The zero-order valence-corrected chi connectivity index (χ0v) is 13.6. The maximum absolute atomic E-state index is 12.5. The van der Waals surface area contributed by atoms with E-state index >= 15 is 0 Å². The number of amides is 2. The first kappa shape index (κ1) is 15.8. The molecule has 0 unspecified atom stereocenters. The highest BCUT2D eigenvalue weighted by Gasteiger charge is 2.28. The van der Waals surface area contributed by atoms with Crippen molar-refractivity contribution in [1.82, 2.24) is 14.8 Å². The molecule has 1 aromatic rings. The molecule has 6 nitrogen and oxygen atoms in total. The number of anilines is 1. The van der Waals surface area contributed by atoms with Crippen LogP contribution in [0.5, 0.6) is 0 Å². The fourth-order valence-corrected chi connectivity index (χ4v) is 3.45. The number of piperidine rings is 1. The minimum Gasteiger partial charge on any atom is -0.373 e. The van der Waals surface area contributed by atoms with E-state index in [2.05, 4.69) is 16.4 Å². The van der Waals surface area contributed by atoms with Crippen LogP contribution in [0.1, 0.15) is 37.2 Å². The van der Waals surface area contributed by atoms with Gasteiger partial charge in [-0.2, -0.15) is 0 Å². The van der Waals surface area contributed by atoms with Crippen LogP contribution in [-0.2, 0) is 9.59 Å². The second-order valence-corrected chi connectivity index (χ2v) is 6.32. The van der Waals surface area contributed by atoms with Crippen molar-refractivity contribution in [3.63, 3.8) is 0 Å². The number of rotatable bonds is 4. The summed E-state index contributed by atoms with van der Waals surface area (Å²) >= 11 is 0. The maximum atomic E-state index is 12.5. The van der Waals surface area contributed by atoms with Crippen LogP contribution in [0.4, 0.5) is 5.82 Å². The highest BCUT2D eigenvalue weighted by molar-refractivity contribution is 5.86. The van der Waals surface area contributed by atoms with Gasteiger partial charge in [-0.25, -0.2) is 4.98 Å². The average Bonchev–Trinajstić information content (AvgIpc) is 3.00. The maximum Gasteiger partial charge on any atom is 0.242 e. The van der Waals surface area contributed by atoms with Gasteiger partial charge in [0.25, 0.3) is 0 Å². The molecule has 2 amide bonds. The summed E-state index contributed by atoms with van der Waals surface area (Å²) in [6.07, 6.45) is 5.35. The number of aromatic nitrogens is 1. The van der Waals surface area contributed by atoms with E-state index in [4.69, 9.17) is 0 Å². The van der Waals surface area contributed by atoms with Crippen molar-refractivity contribution in [2.75, 3.05) is 38.5 Å². The summed E-state index contributed by atoms with van der Waals surface area (Å²) in [7, 11) is 1.86. The molecule has 0 saturated carbocycles. The van der Waals surface area contributed by atoms with Crippen molar-refractivity contribution in [1.29, 1.82) is 0 Å². The van der Waals surface area contributed by atoms with E-state index in [1.807, 2.05) is 24.2 Å². The van der Waals surface area contributed by atoms with Gasteiger partial charge in [0, 0.05) is 45.2 Å². The van der Waals surface area contributed by atoms with Gasteiger partial charge >= 0.3 is 0 Å². The predicted octanol–water partition coefficient (Wildman–Crippen LogP) is 1.45. The van der Waals surface area contributed by atoms with Crippen LogP contribution in [0.3, 0.4) is 0 Å². The van der Waals surface area contributed by atoms with E-state index < -0.39 is 0 Å². The minimum absolute atomic E-state index is 0.0767. The zero-order chi connectivity index (χ0) is 16.2. The molecule has 6 heteroatoms. The Morgan fingerprint density at radius 1 is 1.39 bits per heavy atom. The molecule has 1 aromatic heterocycles. The molecule has 1 N–H and O–H groups in total. The third-order valence-corrected chi connectivity index (χ3v) is 4.78. The van der Waals surface area contributed by atoms with Gasteiger partial charge < -0.3 is 15.1 Å². The molecule has 0 spiro atoms. The number of hydrogen-bond donors (Lipinski definition) is 1. The summed E-state index contributed by atoms with van der Waals surface area (Å²) in [5, 5.41) is 3.06. The molecule has 124 valence electrons. The molecular weight excluding hydrogens is 292 g/mol. The van der Waals surface area contributed by atoms with Crippen molar-refractivity contribution in [3.05, 3.63) is 23.9 Å². The Morgan fingerprint density at radius 3 is 3.00 bits per heavy atom. The molecule has 0 bridgehead atoms. The van der Waals surface area contributed by atoms with Crippen molar-refractivity contribution in [2.45, 2.75) is 31.6 Å². The minimum atomic E-state index is 0.0767. The molecule has 2 aliphatic heterocycles. The fraction of sp³-hybridized carbons (Fsp3) is 0.588. The number of hydrogen-bond acceptors (Lipinski definition) is 4. The average molecular weight is 316 g/mol. The third-order valence-electron chi connectivity index (χ3n) is 4.78. The summed E-state index contributed by atoms with van der Waals surface area (Å²) in [6.45, 7) is 2.48.